The van der Waals surface area contributed by atoms with E-state index in [1.165, 1.54) is 18.2 Å². The Morgan fingerprint density at radius 2 is 2.00 bits per heavy atom. The number of carbonyl (C=O) groups excluding carboxylic acids is 1. The van der Waals surface area contributed by atoms with E-state index >= 15 is 0 Å². The largest absolute Gasteiger partial charge is 0.397 e. The molecule has 2 aromatic carbocycles. The molecule has 0 atom stereocenters. The van der Waals surface area contributed by atoms with Crippen LogP contribution in [0.25, 0.3) is 0 Å². The molecule has 0 spiro atoms. The summed E-state index contributed by atoms with van der Waals surface area (Å²) >= 11 is 5.79. The van der Waals surface area contributed by atoms with Gasteiger partial charge in [0.1, 0.15) is 5.82 Å². The van der Waals surface area contributed by atoms with Crippen LogP contribution in [0.15, 0.2) is 36.4 Å². The van der Waals surface area contributed by atoms with Crippen LogP contribution in [0.4, 0.5) is 15.8 Å². The number of hydrogen-bond acceptors (Lipinski definition) is 2. The van der Waals surface area contributed by atoms with Gasteiger partial charge in [-0.3, -0.25) is 4.79 Å². The van der Waals surface area contributed by atoms with Crippen LogP contribution >= 0.6 is 11.6 Å². The third-order valence-electron chi connectivity index (χ3n) is 2.67. The number of aryl methyl sites for hydroxylation is 1. The standard InChI is InChI=1S/C14H12ClFN2O/c1-8-6-9(2-5-12(8)16)14(19)18-10-3-4-11(15)13(17)7-10/h2-7H,17H2,1H3,(H,18,19). The molecule has 0 aliphatic heterocycles. The number of halogens is 2. The number of nitrogen functional groups attached to an aromatic ring is 1. The van der Waals surface area contributed by atoms with Crippen molar-refractivity contribution in [2.24, 2.45) is 0 Å². The van der Waals surface area contributed by atoms with Crippen molar-refractivity contribution in [2.45, 2.75) is 6.92 Å². The molecule has 0 unspecified atom stereocenters. The van der Waals surface area contributed by atoms with Crippen molar-refractivity contribution in [3.63, 3.8) is 0 Å². The molecule has 2 aromatic rings. The van der Waals surface area contributed by atoms with Crippen molar-refractivity contribution in [1.82, 2.24) is 0 Å². The maximum absolute atomic E-state index is 13.1. The number of rotatable bonds is 2. The van der Waals surface area contributed by atoms with Gasteiger partial charge in [0.05, 0.1) is 10.7 Å². The van der Waals surface area contributed by atoms with Gasteiger partial charge in [-0.1, -0.05) is 11.6 Å². The lowest BCUT2D eigenvalue weighted by Gasteiger charge is -2.07. The number of hydrogen-bond donors (Lipinski definition) is 2. The summed E-state index contributed by atoms with van der Waals surface area (Å²) < 4.78 is 13.1. The van der Waals surface area contributed by atoms with E-state index in [2.05, 4.69) is 5.32 Å². The Bertz CT molecular complexity index is 643. The molecule has 0 fully saturated rings. The smallest absolute Gasteiger partial charge is 0.255 e. The maximum Gasteiger partial charge on any atom is 0.255 e. The van der Waals surface area contributed by atoms with Gasteiger partial charge in [0.15, 0.2) is 0 Å². The SMILES string of the molecule is Cc1cc(C(=O)Nc2ccc(Cl)c(N)c2)ccc1F. The molecule has 0 saturated carbocycles. The Kier molecular flexibility index (Phi) is 3.71. The summed E-state index contributed by atoms with van der Waals surface area (Å²) in [7, 11) is 0. The fourth-order valence-electron chi connectivity index (χ4n) is 1.61. The van der Waals surface area contributed by atoms with E-state index in [0.717, 1.165) is 0 Å². The number of nitrogens with two attached hydrogens (primary N) is 1. The van der Waals surface area contributed by atoms with Gasteiger partial charge in [0, 0.05) is 11.3 Å². The topological polar surface area (TPSA) is 55.1 Å². The molecule has 0 aliphatic rings. The molecule has 0 radical (unpaired) electrons. The highest BCUT2D eigenvalue weighted by atomic mass is 35.5. The number of benzene rings is 2. The number of amides is 1. The highest BCUT2D eigenvalue weighted by molar-refractivity contribution is 6.33. The summed E-state index contributed by atoms with van der Waals surface area (Å²) in [4.78, 5) is 12.0. The molecule has 1 amide bonds. The molecular weight excluding hydrogens is 267 g/mol. The predicted molar refractivity (Wildman–Crippen MR) is 75.0 cm³/mol. The monoisotopic (exact) mass is 278 g/mol. The van der Waals surface area contributed by atoms with Crippen molar-refractivity contribution in [3.05, 3.63) is 58.4 Å². The second-order valence-corrected chi connectivity index (χ2v) is 4.56. The molecule has 3 nitrogen and oxygen atoms in total. The first-order valence-electron chi connectivity index (χ1n) is 5.60. The normalized spacial score (nSPS) is 10.3. The van der Waals surface area contributed by atoms with Gasteiger partial charge in [-0.05, 0) is 48.9 Å². The Morgan fingerprint density at radius 3 is 2.63 bits per heavy atom. The highest BCUT2D eigenvalue weighted by Gasteiger charge is 2.08. The van der Waals surface area contributed by atoms with Gasteiger partial charge in [-0.15, -0.1) is 0 Å². The van der Waals surface area contributed by atoms with Crippen LogP contribution in [0.3, 0.4) is 0 Å². The van der Waals surface area contributed by atoms with Crippen molar-refractivity contribution in [3.8, 4) is 0 Å². The van der Waals surface area contributed by atoms with Crippen molar-refractivity contribution in [1.29, 1.82) is 0 Å². The van der Waals surface area contributed by atoms with Crippen LogP contribution in [-0.4, -0.2) is 5.91 Å². The zero-order valence-corrected chi connectivity index (χ0v) is 11.0. The second-order valence-electron chi connectivity index (χ2n) is 4.15. The fourth-order valence-corrected chi connectivity index (χ4v) is 1.73. The van der Waals surface area contributed by atoms with Gasteiger partial charge in [-0.25, -0.2) is 4.39 Å². The lowest BCUT2D eigenvalue weighted by molar-refractivity contribution is 0.102. The molecular formula is C14H12ClFN2O. The first-order chi connectivity index (χ1) is 8.97. The van der Waals surface area contributed by atoms with Crippen LogP contribution in [0.1, 0.15) is 15.9 Å². The van der Waals surface area contributed by atoms with Gasteiger partial charge >= 0.3 is 0 Å². The average molecular weight is 279 g/mol. The Morgan fingerprint density at radius 1 is 1.26 bits per heavy atom. The third-order valence-corrected chi connectivity index (χ3v) is 3.02. The summed E-state index contributed by atoms with van der Waals surface area (Å²) in [6, 6.07) is 8.99. The Labute approximate surface area is 115 Å². The molecule has 0 heterocycles. The molecule has 0 aliphatic carbocycles. The predicted octanol–water partition coefficient (Wildman–Crippen LogP) is 3.62. The molecule has 0 bridgehead atoms. The van der Waals surface area contributed by atoms with Crippen LogP contribution in [-0.2, 0) is 0 Å². The summed E-state index contributed by atoms with van der Waals surface area (Å²) in [5.41, 5.74) is 7.37. The van der Waals surface area contributed by atoms with Gasteiger partial charge < -0.3 is 11.1 Å². The van der Waals surface area contributed by atoms with Crippen LogP contribution in [0.5, 0.6) is 0 Å². The maximum atomic E-state index is 13.1. The van der Waals surface area contributed by atoms with E-state index < -0.39 is 0 Å². The number of carbonyl (C=O) groups is 1. The minimum absolute atomic E-state index is 0.329. The third kappa shape index (κ3) is 3.03. The molecule has 3 N–H and O–H groups in total. The summed E-state index contributed by atoms with van der Waals surface area (Å²) in [6.07, 6.45) is 0. The van der Waals surface area contributed by atoms with Crippen LogP contribution in [0, 0.1) is 12.7 Å². The Balaban J connectivity index is 2.20. The van der Waals surface area contributed by atoms with E-state index in [4.69, 9.17) is 17.3 Å². The van der Waals surface area contributed by atoms with E-state index in [1.807, 2.05) is 0 Å². The highest BCUT2D eigenvalue weighted by Crippen LogP contribution is 2.22. The van der Waals surface area contributed by atoms with E-state index in [-0.39, 0.29) is 11.7 Å². The Hall–Kier alpha value is -2.07. The average Bonchev–Trinajstić information content (AvgIpc) is 2.37. The zero-order valence-electron chi connectivity index (χ0n) is 10.2. The second kappa shape index (κ2) is 5.28. The summed E-state index contributed by atoms with van der Waals surface area (Å²) in [5, 5.41) is 3.10. The van der Waals surface area contributed by atoms with E-state index in [1.54, 1.807) is 25.1 Å². The van der Waals surface area contributed by atoms with Gasteiger partial charge in [0.2, 0.25) is 0 Å². The molecule has 98 valence electrons. The summed E-state index contributed by atoms with van der Waals surface area (Å²) in [6.45, 7) is 1.60. The van der Waals surface area contributed by atoms with Crippen molar-refractivity contribution >= 4 is 28.9 Å². The minimum atomic E-state index is -0.340. The van der Waals surface area contributed by atoms with E-state index in [9.17, 15) is 9.18 Å². The van der Waals surface area contributed by atoms with E-state index in [0.29, 0.717) is 27.5 Å². The first kappa shape index (κ1) is 13.4. The first-order valence-corrected chi connectivity index (χ1v) is 5.97. The summed E-state index contributed by atoms with van der Waals surface area (Å²) in [5.74, 6) is -0.669. The minimum Gasteiger partial charge on any atom is -0.397 e. The van der Waals surface area contributed by atoms with Gasteiger partial charge in [0.25, 0.3) is 5.91 Å². The fraction of sp³-hybridized carbons (Fsp3) is 0.0714. The molecule has 0 saturated heterocycles. The van der Waals surface area contributed by atoms with Gasteiger partial charge in [-0.2, -0.15) is 0 Å². The zero-order chi connectivity index (χ0) is 14.0. The van der Waals surface area contributed by atoms with Crippen LogP contribution < -0.4 is 11.1 Å². The van der Waals surface area contributed by atoms with Crippen molar-refractivity contribution < 1.29 is 9.18 Å². The lowest BCUT2D eigenvalue weighted by atomic mass is 10.1. The lowest BCUT2D eigenvalue weighted by Crippen LogP contribution is -2.12. The number of anilines is 2. The molecule has 0 aromatic heterocycles. The van der Waals surface area contributed by atoms with Crippen molar-refractivity contribution in [2.75, 3.05) is 11.1 Å². The number of nitrogens with one attached hydrogen (secondary N) is 1. The quantitative estimate of drug-likeness (QED) is 0.824. The molecule has 19 heavy (non-hydrogen) atoms. The molecule has 2 rings (SSSR count). The molecule has 5 heteroatoms. The van der Waals surface area contributed by atoms with Crippen LogP contribution in [0.2, 0.25) is 5.02 Å².